The zero-order valence-electron chi connectivity index (χ0n) is 44.1. The molecular weight excluding hydrogens is 841 g/mol. The van der Waals surface area contributed by atoms with E-state index in [2.05, 4.69) is 238 Å². The van der Waals surface area contributed by atoms with Crippen LogP contribution in [0.4, 0.5) is 0 Å². The molecule has 0 saturated carbocycles. The largest absolute Gasteiger partial charge is 0.145 e. The quantitative estimate of drug-likeness (QED) is 0.0938. The van der Waals surface area contributed by atoms with Crippen LogP contribution in [0, 0.1) is 0 Å². The van der Waals surface area contributed by atoms with Gasteiger partial charge in [0.05, 0.1) is 16.9 Å². The lowest BCUT2D eigenvalue weighted by Gasteiger charge is -2.25. The summed E-state index contributed by atoms with van der Waals surface area (Å²) >= 11 is 0.633. The van der Waals surface area contributed by atoms with Crippen LogP contribution < -0.4 is 0 Å². The standard InChI is InChI=1S/C66H77OS/c1-38(2)52-22-17-23-53(39(3)4)62(52)48-32-46(33-49(36-48)63-54(40(5)6)24-18-25-55(63)41(7)8)60-30-21-31-61(66(60)68-67)47-34-50(64-56(42(9)10)26-19-27-57(64)43(11)12)37-51(35-47)65-58(44(13)14)28-20-29-59(65)45(15)16/h17-45H,1-16H3. The smallest absolute Gasteiger partial charge is 0.0708 e. The highest BCUT2D eigenvalue weighted by molar-refractivity contribution is 7.93. The molecule has 0 aliphatic carbocycles. The van der Waals surface area contributed by atoms with Crippen molar-refractivity contribution in [3.63, 3.8) is 0 Å². The van der Waals surface area contributed by atoms with Crippen LogP contribution in [0.25, 0.3) is 66.8 Å². The molecule has 0 amide bonds. The average Bonchev–Trinajstić information content (AvgIpc) is 3.32. The van der Waals surface area contributed by atoms with Crippen molar-refractivity contribution < 1.29 is 4.55 Å². The Balaban J connectivity index is 1.61. The molecule has 0 bridgehead atoms. The van der Waals surface area contributed by atoms with Crippen molar-refractivity contribution in [3.8, 4) is 66.8 Å². The third kappa shape index (κ3) is 10.1. The van der Waals surface area contributed by atoms with Gasteiger partial charge >= 0.3 is 0 Å². The molecule has 2 heteroatoms. The molecule has 1 nitrogen and oxygen atoms in total. The second kappa shape index (κ2) is 21.2. The van der Waals surface area contributed by atoms with Gasteiger partial charge in [0.2, 0.25) is 0 Å². The topological polar surface area (TPSA) is 19.9 Å². The van der Waals surface area contributed by atoms with Gasteiger partial charge in [-0.3, -0.25) is 0 Å². The summed E-state index contributed by atoms with van der Waals surface area (Å²) in [7, 11) is 0. The number of rotatable bonds is 15. The summed E-state index contributed by atoms with van der Waals surface area (Å²) < 4.78 is 14.2. The average molecular weight is 918 g/mol. The number of hydrogen-bond acceptors (Lipinski definition) is 1. The van der Waals surface area contributed by atoms with E-state index < -0.39 is 0 Å². The zero-order valence-corrected chi connectivity index (χ0v) is 44.9. The molecule has 0 aliphatic heterocycles. The first-order valence-corrected chi connectivity index (χ1v) is 26.3. The van der Waals surface area contributed by atoms with Gasteiger partial charge in [-0.1, -0.05) is 202 Å². The predicted molar refractivity (Wildman–Crippen MR) is 298 cm³/mol. The van der Waals surface area contributed by atoms with Crippen molar-refractivity contribution in [2.24, 2.45) is 0 Å². The molecule has 0 aliphatic rings. The SMILES string of the molecule is CC(C)c1cccc(C(C)C)c1-c1cc(-c2cccc(-c3cc(-c4c(C(C)C)cccc4C(C)C)cc(-c4c(C(C)C)cccc4C(C)C)c3)c2S[O])cc(-c2c(C(C)C)cccc2C(C)C)c1. The molecule has 0 saturated heterocycles. The van der Waals surface area contributed by atoms with E-state index in [-0.39, 0.29) is 0 Å². The molecule has 0 spiro atoms. The van der Waals surface area contributed by atoms with E-state index in [1.54, 1.807) is 0 Å². The lowest BCUT2D eigenvalue weighted by atomic mass is 9.80. The lowest BCUT2D eigenvalue weighted by Crippen LogP contribution is -2.03. The van der Waals surface area contributed by atoms with E-state index in [0.717, 1.165) is 27.1 Å². The summed E-state index contributed by atoms with van der Waals surface area (Å²) in [6.07, 6.45) is 0. The Morgan fingerprint density at radius 3 is 0.618 bits per heavy atom. The maximum absolute atomic E-state index is 14.2. The fraction of sp³-hybridized carbons (Fsp3) is 0.364. The van der Waals surface area contributed by atoms with Crippen LogP contribution in [0.3, 0.4) is 0 Å². The van der Waals surface area contributed by atoms with Crippen molar-refractivity contribution in [3.05, 3.63) is 172 Å². The molecule has 68 heavy (non-hydrogen) atoms. The second-order valence-electron chi connectivity index (χ2n) is 21.8. The van der Waals surface area contributed by atoms with E-state index in [1.165, 1.54) is 89.0 Å². The van der Waals surface area contributed by atoms with E-state index in [4.69, 9.17) is 0 Å². The molecule has 353 valence electrons. The van der Waals surface area contributed by atoms with Crippen LogP contribution in [-0.2, 0) is 4.55 Å². The van der Waals surface area contributed by atoms with Gasteiger partial charge in [0.15, 0.2) is 0 Å². The summed E-state index contributed by atoms with van der Waals surface area (Å²) in [5.74, 6) is 2.64. The van der Waals surface area contributed by atoms with Crippen LogP contribution in [-0.4, -0.2) is 0 Å². The van der Waals surface area contributed by atoms with Gasteiger partial charge in [0.1, 0.15) is 0 Å². The molecule has 1 radical (unpaired) electrons. The number of benzene rings is 7. The fourth-order valence-electron chi connectivity index (χ4n) is 10.8. The second-order valence-corrected chi connectivity index (χ2v) is 22.4. The van der Waals surface area contributed by atoms with Crippen molar-refractivity contribution >= 4 is 12.0 Å². The summed E-state index contributed by atoms with van der Waals surface area (Å²) in [5.41, 5.74) is 24.9. The summed E-state index contributed by atoms with van der Waals surface area (Å²) in [5, 5.41) is 0. The summed E-state index contributed by atoms with van der Waals surface area (Å²) in [6.45, 7) is 37.0. The molecule has 7 rings (SSSR count). The van der Waals surface area contributed by atoms with Gasteiger partial charge in [-0.05, 0) is 195 Å². The van der Waals surface area contributed by atoms with Gasteiger partial charge in [-0.2, -0.15) is 0 Å². The highest BCUT2D eigenvalue weighted by atomic mass is 32.2. The highest BCUT2D eigenvalue weighted by Crippen LogP contribution is 2.49. The van der Waals surface area contributed by atoms with Crippen molar-refractivity contribution in [2.75, 3.05) is 0 Å². The molecule has 7 aromatic rings. The predicted octanol–water partition coefficient (Wildman–Crippen LogP) is 21.1. The molecule has 0 aromatic heterocycles. The summed E-state index contributed by atoms with van der Waals surface area (Å²) in [6, 6.07) is 48.4. The molecule has 0 atom stereocenters. The Hall–Kier alpha value is -5.15. The first-order valence-electron chi connectivity index (χ1n) is 25.6. The van der Waals surface area contributed by atoms with Gasteiger partial charge in [-0.15, -0.1) is 4.55 Å². The van der Waals surface area contributed by atoms with Crippen LogP contribution in [0.1, 0.15) is 203 Å². The maximum atomic E-state index is 14.2. The van der Waals surface area contributed by atoms with Gasteiger partial charge in [-0.25, -0.2) is 0 Å². The Bertz CT molecular complexity index is 2440. The summed E-state index contributed by atoms with van der Waals surface area (Å²) in [4.78, 5) is 0.753. The maximum Gasteiger partial charge on any atom is 0.0708 e. The van der Waals surface area contributed by atoms with Crippen LogP contribution >= 0.6 is 12.0 Å². The monoisotopic (exact) mass is 918 g/mol. The Labute approximate surface area is 416 Å². The minimum absolute atomic E-state index is 0.330. The van der Waals surface area contributed by atoms with E-state index in [9.17, 15) is 4.55 Å². The van der Waals surface area contributed by atoms with Gasteiger partial charge in [0, 0.05) is 0 Å². The molecular formula is C66H77OS. The van der Waals surface area contributed by atoms with Gasteiger partial charge < -0.3 is 0 Å². The molecule has 0 fully saturated rings. The Kier molecular flexibility index (Phi) is 15.8. The fourth-order valence-corrected chi connectivity index (χ4v) is 11.3. The minimum Gasteiger partial charge on any atom is -0.145 e. The Morgan fingerprint density at radius 1 is 0.265 bits per heavy atom. The van der Waals surface area contributed by atoms with Crippen LogP contribution in [0.5, 0.6) is 0 Å². The van der Waals surface area contributed by atoms with Gasteiger partial charge in [0.25, 0.3) is 0 Å². The third-order valence-corrected chi connectivity index (χ3v) is 14.8. The van der Waals surface area contributed by atoms with Crippen LogP contribution in [0.15, 0.2) is 132 Å². The lowest BCUT2D eigenvalue weighted by molar-refractivity contribution is 0.532. The Morgan fingerprint density at radius 2 is 0.441 bits per heavy atom. The van der Waals surface area contributed by atoms with Crippen LogP contribution in [0.2, 0.25) is 0 Å². The number of hydrogen-bond donors (Lipinski definition) is 0. The molecule has 0 heterocycles. The molecule has 0 unspecified atom stereocenters. The molecule has 7 aromatic carbocycles. The minimum atomic E-state index is 0.330. The first-order chi connectivity index (χ1) is 32.3. The normalized spacial score (nSPS) is 12.1. The van der Waals surface area contributed by atoms with Crippen molar-refractivity contribution in [1.82, 2.24) is 0 Å². The zero-order chi connectivity index (χ0) is 49.3. The molecule has 0 N–H and O–H groups in total. The van der Waals surface area contributed by atoms with E-state index in [0.29, 0.717) is 59.4 Å². The van der Waals surface area contributed by atoms with Crippen molar-refractivity contribution in [2.45, 2.75) is 163 Å². The van der Waals surface area contributed by atoms with E-state index in [1.807, 2.05) is 0 Å². The van der Waals surface area contributed by atoms with Crippen molar-refractivity contribution in [1.29, 1.82) is 0 Å². The first kappa shape index (κ1) is 50.7. The highest BCUT2D eigenvalue weighted by Gasteiger charge is 2.25. The third-order valence-electron chi connectivity index (χ3n) is 14.2. The van der Waals surface area contributed by atoms with E-state index >= 15 is 0 Å².